The maximum atomic E-state index is 11.0. The lowest BCUT2D eigenvalue weighted by molar-refractivity contribution is 0.500. The van der Waals surface area contributed by atoms with E-state index in [1.54, 1.807) is 6.26 Å². The van der Waals surface area contributed by atoms with Crippen LogP contribution in [0.5, 0.6) is 0 Å². The van der Waals surface area contributed by atoms with E-state index in [-0.39, 0.29) is 0 Å². The predicted octanol–water partition coefficient (Wildman–Crippen LogP) is 1.92. The van der Waals surface area contributed by atoms with Crippen molar-refractivity contribution < 1.29 is 4.21 Å². The van der Waals surface area contributed by atoms with Crippen molar-refractivity contribution in [2.75, 3.05) is 12.8 Å². The topological polar surface area (TPSA) is 29.1 Å². The summed E-state index contributed by atoms with van der Waals surface area (Å²) in [5.74, 6) is 0. The fraction of sp³-hybridized carbons (Fsp3) is 1.00. The van der Waals surface area contributed by atoms with Gasteiger partial charge in [0.15, 0.2) is 0 Å². The molecule has 0 spiro atoms. The number of rotatable bonds is 7. The summed E-state index contributed by atoms with van der Waals surface area (Å²) in [7, 11) is -0.669. The van der Waals surface area contributed by atoms with E-state index in [0.29, 0.717) is 11.3 Å². The second-order valence-electron chi connectivity index (χ2n) is 3.74. The van der Waals surface area contributed by atoms with Gasteiger partial charge in [-0.15, -0.1) is 0 Å². The van der Waals surface area contributed by atoms with Crippen molar-refractivity contribution >= 4 is 10.8 Å². The average Bonchev–Trinajstić information content (AvgIpc) is 2.04. The summed E-state index contributed by atoms with van der Waals surface area (Å²) in [6, 6.07) is 0.600. The van der Waals surface area contributed by atoms with Gasteiger partial charge < -0.3 is 5.32 Å². The molecular weight excluding hydrogens is 182 g/mol. The van der Waals surface area contributed by atoms with Crippen LogP contribution < -0.4 is 5.32 Å². The molecule has 3 heteroatoms. The second-order valence-corrected chi connectivity index (χ2v) is 5.54. The molecule has 0 fully saturated rings. The first-order valence-electron chi connectivity index (χ1n) is 5.13. The van der Waals surface area contributed by atoms with E-state index in [2.05, 4.69) is 19.2 Å². The van der Waals surface area contributed by atoms with Crippen molar-refractivity contribution in [3.63, 3.8) is 0 Å². The summed E-state index contributed by atoms with van der Waals surface area (Å²) >= 11 is 0. The van der Waals surface area contributed by atoms with Crippen molar-refractivity contribution in [2.24, 2.45) is 0 Å². The summed E-state index contributed by atoms with van der Waals surface area (Å²) in [4.78, 5) is 0. The molecule has 0 radical (unpaired) electrons. The molecule has 0 saturated heterocycles. The standard InChI is InChI=1S/C10H23NOS/c1-5-6-9(2)11-8-7-10(3)13(4)12/h9-11H,5-8H2,1-4H3. The maximum absolute atomic E-state index is 11.0. The summed E-state index contributed by atoms with van der Waals surface area (Å²) in [5.41, 5.74) is 0. The molecule has 0 heterocycles. The molecule has 0 saturated carbocycles. The van der Waals surface area contributed by atoms with Crippen LogP contribution in [0.15, 0.2) is 0 Å². The molecule has 0 amide bonds. The van der Waals surface area contributed by atoms with Gasteiger partial charge in [-0.1, -0.05) is 20.3 Å². The summed E-state index contributed by atoms with van der Waals surface area (Å²) in [6.45, 7) is 7.43. The van der Waals surface area contributed by atoms with Crippen molar-refractivity contribution in [3.8, 4) is 0 Å². The quantitative estimate of drug-likeness (QED) is 0.688. The summed E-state index contributed by atoms with van der Waals surface area (Å²) in [5, 5.41) is 3.76. The first-order valence-corrected chi connectivity index (χ1v) is 6.75. The molecule has 0 rings (SSSR count). The van der Waals surface area contributed by atoms with Gasteiger partial charge in [0.1, 0.15) is 0 Å². The van der Waals surface area contributed by atoms with E-state index in [1.807, 2.05) is 6.92 Å². The highest BCUT2D eigenvalue weighted by Crippen LogP contribution is 1.99. The van der Waals surface area contributed by atoms with Gasteiger partial charge in [0, 0.05) is 28.3 Å². The molecule has 0 aliphatic carbocycles. The Bertz CT molecular complexity index is 150. The normalized spacial score (nSPS) is 18.2. The minimum atomic E-state index is -0.669. The van der Waals surface area contributed by atoms with Gasteiger partial charge in [0.25, 0.3) is 0 Å². The molecule has 80 valence electrons. The average molecular weight is 205 g/mol. The lowest BCUT2D eigenvalue weighted by atomic mass is 10.2. The van der Waals surface area contributed by atoms with Crippen LogP contribution in [0, 0.1) is 0 Å². The Labute approximate surface area is 84.9 Å². The van der Waals surface area contributed by atoms with Crippen LogP contribution in [-0.2, 0) is 10.8 Å². The van der Waals surface area contributed by atoms with Gasteiger partial charge in [-0.25, -0.2) is 0 Å². The molecule has 3 atom stereocenters. The summed E-state index contributed by atoms with van der Waals surface area (Å²) in [6.07, 6.45) is 5.24. The van der Waals surface area contributed by atoms with Gasteiger partial charge in [0.2, 0.25) is 0 Å². The van der Waals surface area contributed by atoms with Crippen molar-refractivity contribution in [1.82, 2.24) is 5.32 Å². The lowest BCUT2D eigenvalue weighted by Crippen LogP contribution is -2.29. The molecule has 0 aromatic heterocycles. The second kappa shape index (κ2) is 7.51. The highest BCUT2D eigenvalue weighted by Gasteiger charge is 2.06. The van der Waals surface area contributed by atoms with Crippen LogP contribution in [0.2, 0.25) is 0 Å². The van der Waals surface area contributed by atoms with E-state index in [0.717, 1.165) is 13.0 Å². The first-order chi connectivity index (χ1) is 6.07. The van der Waals surface area contributed by atoms with Gasteiger partial charge in [0.05, 0.1) is 0 Å². The third-order valence-electron chi connectivity index (χ3n) is 2.33. The summed E-state index contributed by atoms with van der Waals surface area (Å²) < 4.78 is 11.0. The molecular formula is C10H23NOS. The fourth-order valence-electron chi connectivity index (χ4n) is 1.23. The maximum Gasteiger partial charge on any atom is 0.0329 e. The van der Waals surface area contributed by atoms with Crippen LogP contribution >= 0.6 is 0 Å². The largest absolute Gasteiger partial charge is 0.314 e. The van der Waals surface area contributed by atoms with Crippen LogP contribution in [0.4, 0.5) is 0 Å². The Kier molecular flexibility index (Phi) is 7.57. The molecule has 13 heavy (non-hydrogen) atoms. The molecule has 0 aromatic carbocycles. The molecule has 0 aliphatic heterocycles. The van der Waals surface area contributed by atoms with Crippen LogP contribution in [0.25, 0.3) is 0 Å². The molecule has 2 nitrogen and oxygen atoms in total. The molecule has 0 aliphatic rings. The van der Waals surface area contributed by atoms with Crippen LogP contribution in [0.3, 0.4) is 0 Å². The highest BCUT2D eigenvalue weighted by atomic mass is 32.2. The van der Waals surface area contributed by atoms with E-state index >= 15 is 0 Å². The Morgan fingerprint density at radius 2 is 1.92 bits per heavy atom. The number of hydrogen-bond donors (Lipinski definition) is 1. The Morgan fingerprint density at radius 3 is 2.38 bits per heavy atom. The Balaban J connectivity index is 3.39. The number of nitrogens with one attached hydrogen (secondary N) is 1. The lowest BCUT2D eigenvalue weighted by Gasteiger charge is -2.14. The minimum Gasteiger partial charge on any atom is -0.314 e. The van der Waals surface area contributed by atoms with Gasteiger partial charge in [-0.05, 0) is 26.3 Å². The van der Waals surface area contributed by atoms with E-state index in [4.69, 9.17) is 0 Å². The SMILES string of the molecule is CCCC(C)NCCC(C)S(C)=O. The molecule has 0 bridgehead atoms. The van der Waals surface area contributed by atoms with Crippen molar-refractivity contribution in [2.45, 2.75) is 51.3 Å². The van der Waals surface area contributed by atoms with Gasteiger partial charge >= 0.3 is 0 Å². The van der Waals surface area contributed by atoms with Gasteiger partial charge in [-0.3, -0.25) is 4.21 Å². The highest BCUT2D eigenvalue weighted by molar-refractivity contribution is 7.84. The Morgan fingerprint density at radius 1 is 1.31 bits per heavy atom. The molecule has 3 unspecified atom stereocenters. The Hall–Kier alpha value is 0.110. The van der Waals surface area contributed by atoms with E-state index in [9.17, 15) is 4.21 Å². The van der Waals surface area contributed by atoms with E-state index < -0.39 is 10.8 Å². The smallest absolute Gasteiger partial charge is 0.0329 e. The predicted molar refractivity (Wildman–Crippen MR) is 60.5 cm³/mol. The van der Waals surface area contributed by atoms with Crippen molar-refractivity contribution in [1.29, 1.82) is 0 Å². The van der Waals surface area contributed by atoms with Gasteiger partial charge in [-0.2, -0.15) is 0 Å². The molecule has 0 aromatic rings. The number of hydrogen-bond acceptors (Lipinski definition) is 2. The third-order valence-corrected chi connectivity index (χ3v) is 3.70. The zero-order chi connectivity index (χ0) is 10.3. The third kappa shape index (κ3) is 7.20. The van der Waals surface area contributed by atoms with E-state index in [1.165, 1.54) is 12.8 Å². The van der Waals surface area contributed by atoms with Crippen LogP contribution in [-0.4, -0.2) is 28.3 Å². The molecule has 1 N–H and O–H groups in total. The first kappa shape index (κ1) is 13.1. The zero-order valence-corrected chi connectivity index (χ0v) is 10.1. The fourth-order valence-corrected chi connectivity index (χ4v) is 1.68. The minimum absolute atomic E-state index is 0.321. The monoisotopic (exact) mass is 205 g/mol. The zero-order valence-electron chi connectivity index (χ0n) is 9.30. The van der Waals surface area contributed by atoms with Crippen molar-refractivity contribution in [3.05, 3.63) is 0 Å². The van der Waals surface area contributed by atoms with Crippen LogP contribution in [0.1, 0.15) is 40.0 Å².